The zero-order valence-electron chi connectivity index (χ0n) is 15.6. The van der Waals surface area contributed by atoms with E-state index >= 15 is 0 Å². The van der Waals surface area contributed by atoms with Gasteiger partial charge in [-0.15, -0.1) is 0 Å². The fourth-order valence-electron chi connectivity index (χ4n) is 5.03. The maximum atomic E-state index is 11.8. The van der Waals surface area contributed by atoms with Gasteiger partial charge in [0.25, 0.3) is 0 Å². The SMILES string of the molecule is CC(=O)O[C@H]1C2=C(C)CC[C@H]2[C@]2(C)O[C@@]1(C(C)C)C[C@H]2OC(=O)CO. The molecule has 2 heterocycles. The minimum Gasteiger partial charge on any atom is -0.457 e. The number of carbonyl (C=O) groups excluding carboxylic acids is 2. The molecule has 2 aliphatic heterocycles. The Hall–Kier alpha value is -1.40. The van der Waals surface area contributed by atoms with E-state index in [1.807, 2.05) is 20.8 Å². The summed E-state index contributed by atoms with van der Waals surface area (Å²) in [7, 11) is 0. The number of allylic oxidation sites excluding steroid dienone is 1. The first-order chi connectivity index (χ1) is 11.7. The summed E-state index contributed by atoms with van der Waals surface area (Å²) >= 11 is 0. The highest BCUT2D eigenvalue weighted by molar-refractivity contribution is 5.71. The highest BCUT2D eigenvalue weighted by atomic mass is 16.6. The lowest BCUT2D eigenvalue weighted by Gasteiger charge is -2.50. The monoisotopic (exact) mass is 352 g/mol. The van der Waals surface area contributed by atoms with Crippen molar-refractivity contribution in [1.82, 2.24) is 0 Å². The largest absolute Gasteiger partial charge is 0.457 e. The Kier molecular flexibility index (Phi) is 4.48. The maximum Gasteiger partial charge on any atom is 0.332 e. The number of aliphatic hydroxyl groups excluding tert-OH is 1. The van der Waals surface area contributed by atoms with Crippen molar-refractivity contribution in [2.24, 2.45) is 11.8 Å². The molecule has 0 saturated carbocycles. The summed E-state index contributed by atoms with van der Waals surface area (Å²) in [5, 5.41) is 9.10. The van der Waals surface area contributed by atoms with Gasteiger partial charge in [-0.25, -0.2) is 4.79 Å². The van der Waals surface area contributed by atoms with Crippen LogP contribution in [-0.2, 0) is 23.8 Å². The number of hydrogen-bond acceptors (Lipinski definition) is 6. The van der Waals surface area contributed by atoms with Crippen molar-refractivity contribution in [3.8, 4) is 0 Å². The van der Waals surface area contributed by atoms with Crippen LogP contribution in [0.5, 0.6) is 0 Å². The van der Waals surface area contributed by atoms with Gasteiger partial charge in [0.15, 0.2) is 6.10 Å². The van der Waals surface area contributed by atoms with Crippen molar-refractivity contribution in [1.29, 1.82) is 0 Å². The van der Waals surface area contributed by atoms with E-state index in [9.17, 15) is 9.59 Å². The fourth-order valence-corrected chi connectivity index (χ4v) is 5.03. The average molecular weight is 352 g/mol. The first-order valence-electron chi connectivity index (χ1n) is 9.03. The molecule has 5 atom stereocenters. The van der Waals surface area contributed by atoms with Crippen LogP contribution in [0.1, 0.15) is 53.9 Å². The molecule has 1 N–H and O–H groups in total. The van der Waals surface area contributed by atoms with Crippen LogP contribution in [0.3, 0.4) is 0 Å². The molecule has 0 unspecified atom stereocenters. The third-order valence-corrected chi connectivity index (χ3v) is 6.31. The van der Waals surface area contributed by atoms with Gasteiger partial charge in [0.05, 0.1) is 0 Å². The Balaban J connectivity index is 2.10. The summed E-state index contributed by atoms with van der Waals surface area (Å²) in [6.07, 6.45) is 1.34. The molecule has 1 aliphatic carbocycles. The quantitative estimate of drug-likeness (QED) is 0.617. The summed E-state index contributed by atoms with van der Waals surface area (Å²) in [6, 6.07) is 0. The molecular weight excluding hydrogens is 324 g/mol. The summed E-state index contributed by atoms with van der Waals surface area (Å²) in [4.78, 5) is 23.6. The van der Waals surface area contributed by atoms with Gasteiger partial charge in [-0.3, -0.25) is 4.79 Å². The molecular formula is C19H28O6. The lowest BCUT2D eigenvalue weighted by atomic mass is 9.74. The Morgan fingerprint density at radius 1 is 1.36 bits per heavy atom. The third kappa shape index (κ3) is 2.61. The second kappa shape index (κ2) is 6.09. The van der Waals surface area contributed by atoms with Crippen molar-refractivity contribution in [2.45, 2.75) is 77.3 Å². The molecule has 2 saturated heterocycles. The number of esters is 2. The first-order valence-corrected chi connectivity index (χ1v) is 9.03. The van der Waals surface area contributed by atoms with E-state index in [0.717, 1.165) is 18.4 Å². The number of ether oxygens (including phenoxy) is 3. The first kappa shape index (κ1) is 18.4. The number of rotatable bonds is 4. The smallest absolute Gasteiger partial charge is 0.332 e. The van der Waals surface area contributed by atoms with E-state index in [2.05, 4.69) is 6.92 Å². The zero-order chi connectivity index (χ0) is 18.6. The third-order valence-electron chi connectivity index (χ3n) is 6.31. The fraction of sp³-hybridized carbons (Fsp3) is 0.789. The van der Waals surface area contributed by atoms with Crippen molar-refractivity contribution in [3.05, 3.63) is 11.1 Å². The average Bonchev–Trinajstić information content (AvgIpc) is 3.03. The highest BCUT2D eigenvalue weighted by Gasteiger charge is 2.69. The minimum absolute atomic E-state index is 0.0442. The van der Waals surface area contributed by atoms with Crippen molar-refractivity contribution in [2.75, 3.05) is 6.61 Å². The van der Waals surface area contributed by atoms with E-state index in [1.165, 1.54) is 12.5 Å². The molecule has 6 heteroatoms. The number of fused-ring (bicyclic) bond motifs is 4. The summed E-state index contributed by atoms with van der Waals surface area (Å²) in [5.41, 5.74) is 0.988. The Labute approximate surface area is 148 Å². The van der Waals surface area contributed by atoms with Crippen molar-refractivity contribution < 1.29 is 28.9 Å². The van der Waals surface area contributed by atoms with E-state index in [4.69, 9.17) is 19.3 Å². The Bertz CT molecular complexity index is 623. The van der Waals surface area contributed by atoms with Gasteiger partial charge in [-0.2, -0.15) is 0 Å². The van der Waals surface area contributed by atoms with Crippen molar-refractivity contribution >= 4 is 11.9 Å². The van der Waals surface area contributed by atoms with Crippen molar-refractivity contribution in [3.63, 3.8) is 0 Å². The van der Waals surface area contributed by atoms with Gasteiger partial charge in [0, 0.05) is 19.3 Å². The molecule has 0 aromatic rings. The lowest BCUT2D eigenvalue weighted by Crippen LogP contribution is -2.58. The van der Waals surface area contributed by atoms with E-state index < -0.39 is 36.0 Å². The van der Waals surface area contributed by atoms with Gasteiger partial charge >= 0.3 is 11.9 Å². The number of hydrogen-bond donors (Lipinski definition) is 1. The van der Waals surface area contributed by atoms with Crippen LogP contribution in [0.4, 0.5) is 0 Å². The second-order valence-electron chi connectivity index (χ2n) is 8.05. The molecule has 3 rings (SSSR count). The van der Waals surface area contributed by atoms with Crippen LogP contribution in [0.15, 0.2) is 11.1 Å². The molecule has 140 valence electrons. The summed E-state index contributed by atoms with van der Waals surface area (Å²) in [5.74, 6) is -0.872. The lowest BCUT2D eigenvalue weighted by molar-refractivity contribution is -0.224. The molecule has 0 aromatic heterocycles. The highest BCUT2D eigenvalue weighted by Crippen LogP contribution is 2.61. The van der Waals surface area contributed by atoms with Crippen LogP contribution < -0.4 is 0 Å². The van der Waals surface area contributed by atoms with Crippen LogP contribution >= 0.6 is 0 Å². The molecule has 2 bridgehead atoms. The van der Waals surface area contributed by atoms with Gasteiger partial charge in [-0.05, 0) is 38.2 Å². The number of aliphatic hydroxyl groups is 1. The summed E-state index contributed by atoms with van der Waals surface area (Å²) in [6.45, 7) is 8.92. The number of carbonyl (C=O) groups is 2. The van der Waals surface area contributed by atoms with Gasteiger partial charge in [0.1, 0.15) is 23.9 Å². The van der Waals surface area contributed by atoms with E-state index in [-0.39, 0.29) is 17.8 Å². The Morgan fingerprint density at radius 2 is 2.04 bits per heavy atom. The summed E-state index contributed by atoms with van der Waals surface area (Å²) < 4.78 is 18.0. The molecule has 0 amide bonds. The van der Waals surface area contributed by atoms with Gasteiger partial charge in [0.2, 0.25) is 0 Å². The maximum absolute atomic E-state index is 11.8. The second-order valence-corrected chi connectivity index (χ2v) is 8.05. The van der Waals surface area contributed by atoms with Crippen LogP contribution in [-0.4, -0.2) is 47.1 Å². The zero-order valence-corrected chi connectivity index (χ0v) is 15.6. The Morgan fingerprint density at radius 3 is 2.60 bits per heavy atom. The molecule has 2 fully saturated rings. The molecule has 0 spiro atoms. The van der Waals surface area contributed by atoms with Crippen LogP contribution in [0.25, 0.3) is 0 Å². The van der Waals surface area contributed by atoms with Crippen LogP contribution in [0, 0.1) is 11.8 Å². The molecule has 6 nitrogen and oxygen atoms in total. The normalized spacial score (nSPS) is 39.6. The molecule has 25 heavy (non-hydrogen) atoms. The van der Waals surface area contributed by atoms with Gasteiger partial charge in [-0.1, -0.05) is 19.4 Å². The standard InChI is InChI=1S/C19H28O6/c1-10(2)19-8-14(24-15(22)9-20)18(5,25-19)13-7-6-11(3)16(13)17(19)23-12(4)21/h10,13-14,17,20H,6-9H2,1-5H3/t13-,14-,17+,18+,19-/m1/s1. The molecule has 0 radical (unpaired) electrons. The topological polar surface area (TPSA) is 82.1 Å². The van der Waals surface area contributed by atoms with Gasteiger partial charge < -0.3 is 19.3 Å². The molecule has 3 aliphatic rings. The van der Waals surface area contributed by atoms with E-state index in [0.29, 0.717) is 6.42 Å². The molecule has 0 aromatic carbocycles. The minimum atomic E-state index is -0.724. The predicted octanol–water partition coefficient (Wildman–Crippen LogP) is 2.14. The predicted molar refractivity (Wildman–Crippen MR) is 89.6 cm³/mol. The van der Waals surface area contributed by atoms with E-state index in [1.54, 1.807) is 0 Å². The van der Waals surface area contributed by atoms with Crippen LogP contribution in [0.2, 0.25) is 0 Å².